The average Bonchev–Trinajstić information content (AvgIpc) is 2.75. The van der Waals surface area contributed by atoms with Crippen molar-refractivity contribution in [1.29, 1.82) is 0 Å². The summed E-state index contributed by atoms with van der Waals surface area (Å²) in [6, 6.07) is 0.275. The van der Waals surface area contributed by atoms with Gasteiger partial charge in [0.2, 0.25) is 0 Å². The van der Waals surface area contributed by atoms with E-state index < -0.39 is 0 Å². The molecule has 0 spiro atoms. The second-order valence-electron chi connectivity index (χ2n) is 2.92. The standard InChI is InChI=1S/C7H12N4O.ClH/c1-12-5-2-6(8-3-5)7-9-4-10-11-7;/h4-6,8H,2-3H2,1H3,(H,9,10,11);1H. The van der Waals surface area contributed by atoms with Gasteiger partial charge in [-0.15, -0.1) is 12.4 Å². The Kier molecular flexibility index (Phi) is 3.65. The zero-order chi connectivity index (χ0) is 8.39. The van der Waals surface area contributed by atoms with Crippen LogP contribution in [0.15, 0.2) is 6.33 Å². The summed E-state index contributed by atoms with van der Waals surface area (Å²) in [5.41, 5.74) is 0. The number of aromatic amines is 1. The third-order valence-electron chi connectivity index (χ3n) is 2.19. The molecular weight excluding hydrogens is 192 g/mol. The Morgan fingerprint density at radius 1 is 1.62 bits per heavy atom. The van der Waals surface area contributed by atoms with E-state index in [2.05, 4.69) is 20.5 Å². The van der Waals surface area contributed by atoms with Crippen LogP contribution < -0.4 is 5.32 Å². The summed E-state index contributed by atoms with van der Waals surface area (Å²) in [4.78, 5) is 4.08. The van der Waals surface area contributed by atoms with Crippen molar-refractivity contribution in [2.45, 2.75) is 18.6 Å². The van der Waals surface area contributed by atoms with Crippen molar-refractivity contribution in [1.82, 2.24) is 20.5 Å². The van der Waals surface area contributed by atoms with Crippen LogP contribution in [0.3, 0.4) is 0 Å². The molecule has 0 radical (unpaired) electrons. The molecule has 0 amide bonds. The molecular formula is C7H13ClN4O. The molecule has 1 fully saturated rings. The van der Waals surface area contributed by atoms with Gasteiger partial charge in [0, 0.05) is 13.7 Å². The predicted molar refractivity (Wildman–Crippen MR) is 49.8 cm³/mol. The number of nitrogens with zero attached hydrogens (tertiary/aromatic N) is 2. The van der Waals surface area contributed by atoms with E-state index in [1.165, 1.54) is 6.33 Å². The van der Waals surface area contributed by atoms with E-state index >= 15 is 0 Å². The number of hydrogen-bond acceptors (Lipinski definition) is 4. The molecule has 1 aliphatic rings. The maximum absolute atomic E-state index is 5.21. The molecule has 2 rings (SSSR count). The summed E-state index contributed by atoms with van der Waals surface area (Å²) in [5.74, 6) is 0.898. The first-order valence-electron chi connectivity index (χ1n) is 4.01. The molecule has 5 nitrogen and oxygen atoms in total. The third kappa shape index (κ3) is 2.18. The van der Waals surface area contributed by atoms with Crippen molar-refractivity contribution in [3.8, 4) is 0 Å². The molecule has 2 N–H and O–H groups in total. The Hall–Kier alpha value is -0.650. The number of rotatable bonds is 2. The number of aromatic nitrogens is 3. The quantitative estimate of drug-likeness (QED) is 0.726. The number of nitrogens with one attached hydrogen (secondary N) is 2. The van der Waals surface area contributed by atoms with Gasteiger partial charge in [0.25, 0.3) is 0 Å². The minimum absolute atomic E-state index is 0. The van der Waals surface area contributed by atoms with E-state index in [1.54, 1.807) is 7.11 Å². The maximum atomic E-state index is 5.21. The van der Waals surface area contributed by atoms with Crippen LogP contribution in [-0.4, -0.2) is 34.9 Å². The highest BCUT2D eigenvalue weighted by atomic mass is 35.5. The molecule has 1 aromatic rings. The first-order chi connectivity index (χ1) is 5.90. The number of halogens is 1. The zero-order valence-electron chi connectivity index (χ0n) is 7.36. The second kappa shape index (κ2) is 4.55. The lowest BCUT2D eigenvalue weighted by Gasteiger charge is -2.05. The molecule has 2 unspecified atom stereocenters. The number of hydrogen-bond donors (Lipinski definition) is 2. The topological polar surface area (TPSA) is 62.8 Å². The molecule has 1 aromatic heterocycles. The molecule has 13 heavy (non-hydrogen) atoms. The van der Waals surface area contributed by atoms with Gasteiger partial charge in [-0.2, -0.15) is 5.10 Å². The lowest BCUT2D eigenvalue weighted by Crippen LogP contribution is -2.16. The molecule has 0 aromatic carbocycles. The number of H-pyrrole nitrogens is 1. The van der Waals surface area contributed by atoms with Gasteiger partial charge in [0.1, 0.15) is 12.2 Å². The monoisotopic (exact) mass is 204 g/mol. The van der Waals surface area contributed by atoms with Crippen molar-refractivity contribution in [3.05, 3.63) is 12.2 Å². The first kappa shape index (κ1) is 10.4. The van der Waals surface area contributed by atoms with Crippen LogP contribution in [0.5, 0.6) is 0 Å². The molecule has 1 aliphatic heterocycles. The van der Waals surface area contributed by atoms with Gasteiger partial charge in [0.05, 0.1) is 12.1 Å². The first-order valence-corrected chi connectivity index (χ1v) is 4.01. The van der Waals surface area contributed by atoms with Crippen molar-refractivity contribution in [2.75, 3.05) is 13.7 Å². The van der Waals surface area contributed by atoms with Crippen molar-refractivity contribution in [3.63, 3.8) is 0 Å². The van der Waals surface area contributed by atoms with Crippen LogP contribution in [0.2, 0.25) is 0 Å². The fraction of sp³-hybridized carbons (Fsp3) is 0.714. The highest BCUT2D eigenvalue weighted by Gasteiger charge is 2.26. The highest BCUT2D eigenvalue weighted by Crippen LogP contribution is 2.20. The van der Waals surface area contributed by atoms with Crippen LogP contribution in [0, 0.1) is 0 Å². The molecule has 0 saturated carbocycles. The number of methoxy groups -OCH3 is 1. The van der Waals surface area contributed by atoms with E-state index in [0.717, 1.165) is 18.8 Å². The predicted octanol–water partition coefficient (Wildman–Crippen LogP) is 0.276. The largest absolute Gasteiger partial charge is 0.380 e. The Labute approximate surface area is 82.7 Å². The summed E-state index contributed by atoms with van der Waals surface area (Å²) in [6.45, 7) is 0.891. The lowest BCUT2D eigenvalue weighted by atomic mass is 10.2. The Morgan fingerprint density at radius 2 is 2.46 bits per heavy atom. The van der Waals surface area contributed by atoms with Crippen molar-refractivity contribution in [2.24, 2.45) is 0 Å². The van der Waals surface area contributed by atoms with Crippen LogP contribution in [-0.2, 0) is 4.74 Å². The maximum Gasteiger partial charge on any atom is 0.141 e. The Bertz CT molecular complexity index is 241. The van der Waals surface area contributed by atoms with Gasteiger partial charge in [-0.25, -0.2) is 4.98 Å². The van der Waals surface area contributed by atoms with Gasteiger partial charge in [-0.1, -0.05) is 0 Å². The van der Waals surface area contributed by atoms with Gasteiger partial charge in [-0.05, 0) is 6.42 Å². The molecule has 2 heterocycles. The normalized spacial score (nSPS) is 27.2. The smallest absolute Gasteiger partial charge is 0.141 e. The summed E-state index contributed by atoms with van der Waals surface area (Å²) >= 11 is 0. The van der Waals surface area contributed by atoms with Crippen LogP contribution in [0.4, 0.5) is 0 Å². The van der Waals surface area contributed by atoms with E-state index in [9.17, 15) is 0 Å². The molecule has 1 saturated heterocycles. The lowest BCUT2D eigenvalue weighted by molar-refractivity contribution is 0.117. The molecule has 0 aliphatic carbocycles. The van der Waals surface area contributed by atoms with Gasteiger partial charge in [0.15, 0.2) is 0 Å². The highest BCUT2D eigenvalue weighted by molar-refractivity contribution is 5.85. The fourth-order valence-corrected chi connectivity index (χ4v) is 1.47. The molecule has 0 bridgehead atoms. The fourth-order valence-electron chi connectivity index (χ4n) is 1.47. The van der Waals surface area contributed by atoms with Crippen molar-refractivity contribution >= 4 is 12.4 Å². The summed E-state index contributed by atoms with van der Waals surface area (Å²) in [5, 5.41) is 9.95. The average molecular weight is 205 g/mol. The van der Waals surface area contributed by atoms with Crippen LogP contribution in [0.1, 0.15) is 18.3 Å². The molecule has 2 atom stereocenters. The third-order valence-corrected chi connectivity index (χ3v) is 2.19. The Morgan fingerprint density at radius 3 is 3.00 bits per heavy atom. The van der Waals surface area contributed by atoms with Crippen LogP contribution >= 0.6 is 12.4 Å². The van der Waals surface area contributed by atoms with E-state index in [0.29, 0.717) is 6.10 Å². The van der Waals surface area contributed by atoms with E-state index in [1.807, 2.05) is 0 Å². The molecule has 74 valence electrons. The van der Waals surface area contributed by atoms with Crippen molar-refractivity contribution < 1.29 is 4.74 Å². The van der Waals surface area contributed by atoms with Gasteiger partial charge < -0.3 is 10.1 Å². The zero-order valence-corrected chi connectivity index (χ0v) is 8.17. The minimum atomic E-state index is 0. The minimum Gasteiger partial charge on any atom is -0.380 e. The Balaban J connectivity index is 0.000000845. The second-order valence-corrected chi connectivity index (χ2v) is 2.92. The summed E-state index contributed by atoms with van der Waals surface area (Å²) in [6.07, 6.45) is 2.79. The van der Waals surface area contributed by atoms with E-state index in [4.69, 9.17) is 4.74 Å². The summed E-state index contributed by atoms with van der Waals surface area (Å²) < 4.78 is 5.21. The molecule has 6 heteroatoms. The number of ether oxygens (including phenoxy) is 1. The van der Waals surface area contributed by atoms with E-state index in [-0.39, 0.29) is 18.4 Å². The van der Waals surface area contributed by atoms with Crippen LogP contribution in [0.25, 0.3) is 0 Å². The summed E-state index contributed by atoms with van der Waals surface area (Å²) in [7, 11) is 1.73. The van der Waals surface area contributed by atoms with Gasteiger partial charge >= 0.3 is 0 Å². The van der Waals surface area contributed by atoms with Gasteiger partial charge in [-0.3, -0.25) is 5.10 Å². The SMILES string of the molecule is COC1CNC(c2ncn[nH]2)C1.Cl.